The molecule has 0 aromatic heterocycles. The van der Waals surface area contributed by atoms with E-state index in [1.165, 1.54) is 0 Å². The molecule has 1 aromatic carbocycles. The Morgan fingerprint density at radius 3 is 2.20 bits per heavy atom. The van der Waals surface area contributed by atoms with E-state index in [0.29, 0.717) is 6.07 Å². The van der Waals surface area contributed by atoms with Gasteiger partial charge in [-0.25, -0.2) is 0 Å². The lowest BCUT2D eigenvalue weighted by Gasteiger charge is -2.14. The first-order valence-corrected chi connectivity index (χ1v) is 6.79. The minimum atomic E-state index is -5.94. The number of hydrogen-bond acceptors (Lipinski definition) is 6. The van der Waals surface area contributed by atoms with Gasteiger partial charge in [-0.1, -0.05) is 0 Å². The molecule has 0 saturated heterocycles. The van der Waals surface area contributed by atoms with E-state index in [1.54, 1.807) is 0 Å². The lowest BCUT2D eigenvalue weighted by atomic mass is 10.2. The highest BCUT2D eigenvalue weighted by atomic mass is 79.9. The first kappa shape index (κ1) is 16.6. The average molecular weight is 378 g/mol. The number of hydrogen-bond donors (Lipinski definition) is 0. The number of carboxylic acids is 1. The Morgan fingerprint density at radius 1 is 1.30 bits per heavy atom. The van der Waals surface area contributed by atoms with Crippen LogP contribution < -0.4 is 14.0 Å². The predicted octanol–water partition coefficient (Wildman–Crippen LogP) is 1.05. The maximum absolute atomic E-state index is 12.2. The second kappa shape index (κ2) is 5.48. The molecular weight excluding hydrogens is 373 g/mol. The molecule has 0 fully saturated rings. The molecule has 0 aliphatic carbocycles. The largest absolute Gasteiger partial charge is 0.545 e. The Kier molecular flexibility index (Phi) is 4.54. The third-order valence-electron chi connectivity index (χ3n) is 1.94. The topological polar surface area (TPSA) is 92.7 Å². The van der Waals surface area contributed by atoms with Gasteiger partial charge in [0.1, 0.15) is 10.2 Å². The molecule has 0 radical (unpaired) electrons. The Morgan fingerprint density at radius 2 is 1.80 bits per heavy atom. The summed E-state index contributed by atoms with van der Waals surface area (Å²) in [6.07, 6.45) is 0. The summed E-state index contributed by atoms with van der Waals surface area (Å²) < 4.78 is 66.6. The van der Waals surface area contributed by atoms with Crippen LogP contribution in [0.15, 0.2) is 16.6 Å². The third-order valence-corrected chi connectivity index (χ3v) is 3.69. The quantitative estimate of drug-likeness (QED) is 0.575. The molecule has 1 rings (SSSR count). The van der Waals surface area contributed by atoms with Crippen LogP contribution in [-0.2, 0) is 10.1 Å². The first-order chi connectivity index (χ1) is 8.99. The van der Waals surface area contributed by atoms with Crippen molar-refractivity contribution < 1.29 is 40.4 Å². The number of benzene rings is 1. The zero-order valence-electron chi connectivity index (χ0n) is 9.52. The van der Waals surface area contributed by atoms with Crippen LogP contribution in [0.4, 0.5) is 13.2 Å². The molecule has 20 heavy (non-hydrogen) atoms. The molecule has 0 bridgehead atoms. The molecule has 0 heterocycles. The average Bonchev–Trinajstić information content (AvgIpc) is 2.29. The van der Waals surface area contributed by atoms with Crippen molar-refractivity contribution in [1.82, 2.24) is 0 Å². The SMILES string of the molecule is COc1cc(C(=O)[O-])cc(OS(=O)(=O)C(F)(F)F)c1Br. The first-order valence-electron chi connectivity index (χ1n) is 4.59. The van der Waals surface area contributed by atoms with Gasteiger partial charge < -0.3 is 18.8 Å². The van der Waals surface area contributed by atoms with E-state index in [9.17, 15) is 31.5 Å². The summed E-state index contributed by atoms with van der Waals surface area (Å²) in [4.78, 5) is 10.7. The van der Waals surface area contributed by atoms with Crippen molar-refractivity contribution in [3.8, 4) is 11.5 Å². The van der Waals surface area contributed by atoms with Gasteiger partial charge in [0.2, 0.25) is 0 Å². The molecule has 0 aliphatic rings. The third kappa shape index (κ3) is 3.33. The smallest absolute Gasteiger partial charge is 0.534 e. The summed E-state index contributed by atoms with van der Waals surface area (Å²) in [5, 5.41) is 10.7. The molecule has 0 saturated carbocycles. The van der Waals surface area contributed by atoms with Gasteiger partial charge >= 0.3 is 15.6 Å². The van der Waals surface area contributed by atoms with Crippen LogP contribution in [0.1, 0.15) is 10.4 Å². The van der Waals surface area contributed by atoms with E-state index in [1.807, 2.05) is 0 Å². The fraction of sp³-hybridized carbons (Fsp3) is 0.222. The van der Waals surface area contributed by atoms with Crippen molar-refractivity contribution in [3.05, 3.63) is 22.2 Å². The van der Waals surface area contributed by atoms with Gasteiger partial charge in [-0.2, -0.15) is 21.6 Å². The minimum absolute atomic E-state index is 0.237. The number of methoxy groups -OCH3 is 1. The zero-order valence-corrected chi connectivity index (χ0v) is 11.9. The molecule has 11 heteroatoms. The molecule has 6 nitrogen and oxygen atoms in total. The van der Waals surface area contributed by atoms with Crippen molar-refractivity contribution in [2.45, 2.75) is 5.51 Å². The number of halogens is 4. The van der Waals surface area contributed by atoms with E-state index in [4.69, 9.17) is 0 Å². The van der Waals surface area contributed by atoms with Crippen LogP contribution >= 0.6 is 15.9 Å². The monoisotopic (exact) mass is 377 g/mol. The Hall–Kier alpha value is -1.49. The van der Waals surface area contributed by atoms with Crippen LogP contribution in [0.3, 0.4) is 0 Å². The predicted molar refractivity (Wildman–Crippen MR) is 60.6 cm³/mol. The molecule has 0 N–H and O–H groups in total. The minimum Gasteiger partial charge on any atom is -0.545 e. The van der Waals surface area contributed by atoms with Gasteiger partial charge in [-0.15, -0.1) is 0 Å². The molecule has 0 atom stereocenters. The van der Waals surface area contributed by atoms with Crippen LogP contribution in [0, 0.1) is 0 Å². The van der Waals surface area contributed by atoms with Crippen molar-refractivity contribution in [2.75, 3.05) is 7.11 Å². The molecule has 1 aromatic rings. The summed E-state index contributed by atoms with van der Waals surface area (Å²) in [5.41, 5.74) is -6.27. The van der Waals surface area contributed by atoms with Gasteiger partial charge in [0.15, 0.2) is 5.75 Å². The molecule has 0 aliphatic heterocycles. The normalized spacial score (nSPS) is 12.1. The van der Waals surface area contributed by atoms with E-state index < -0.39 is 32.9 Å². The van der Waals surface area contributed by atoms with Crippen molar-refractivity contribution in [3.63, 3.8) is 0 Å². The Balaban J connectivity index is 3.39. The Bertz CT molecular complexity index is 640. The molecule has 0 spiro atoms. The van der Waals surface area contributed by atoms with Crippen molar-refractivity contribution >= 4 is 32.0 Å². The number of carbonyl (C=O) groups excluding carboxylic acids is 1. The number of carbonyl (C=O) groups is 1. The molecular formula is C9H5BrF3O6S-. The number of ether oxygens (including phenoxy) is 1. The number of rotatable bonds is 4. The summed E-state index contributed by atoms with van der Waals surface area (Å²) in [6, 6.07) is 1.48. The molecule has 112 valence electrons. The summed E-state index contributed by atoms with van der Waals surface area (Å²) >= 11 is 2.75. The maximum atomic E-state index is 12.2. The Labute approximate surface area is 119 Å². The van der Waals surface area contributed by atoms with E-state index in [0.717, 1.165) is 13.2 Å². The van der Waals surface area contributed by atoms with Gasteiger partial charge in [-0.05, 0) is 28.1 Å². The summed E-state index contributed by atoms with van der Waals surface area (Å²) in [7, 11) is -4.84. The summed E-state index contributed by atoms with van der Waals surface area (Å²) in [6.45, 7) is 0. The highest BCUT2D eigenvalue weighted by Gasteiger charge is 2.48. The van der Waals surface area contributed by atoms with Gasteiger partial charge in [0.05, 0.1) is 13.1 Å². The highest BCUT2D eigenvalue weighted by Crippen LogP contribution is 2.38. The second-order valence-corrected chi connectivity index (χ2v) is 5.59. The van der Waals surface area contributed by atoms with E-state index in [2.05, 4.69) is 24.8 Å². The van der Waals surface area contributed by atoms with Crippen molar-refractivity contribution in [2.24, 2.45) is 0 Å². The van der Waals surface area contributed by atoms with E-state index in [-0.39, 0.29) is 10.2 Å². The van der Waals surface area contributed by atoms with Crippen LogP contribution in [0.2, 0.25) is 0 Å². The van der Waals surface area contributed by atoms with Gasteiger partial charge in [-0.3, -0.25) is 0 Å². The molecule has 0 amide bonds. The molecule has 0 unspecified atom stereocenters. The van der Waals surface area contributed by atoms with E-state index >= 15 is 0 Å². The number of aromatic carboxylic acids is 1. The fourth-order valence-corrected chi connectivity index (χ4v) is 2.11. The zero-order chi connectivity index (χ0) is 15.7. The highest BCUT2D eigenvalue weighted by molar-refractivity contribution is 9.10. The van der Waals surface area contributed by atoms with Crippen LogP contribution in [0.25, 0.3) is 0 Å². The summed E-state index contributed by atoms with van der Waals surface area (Å²) in [5.74, 6) is -2.87. The van der Waals surface area contributed by atoms with Gasteiger partial charge in [0.25, 0.3) is 0 Å². The standard InChI is InChI=1S/C9H6BrF3O6S/c1-18-5-2-4(8(14)15)3-6(7(5)10)19-20(16,17)9(11,12)13/h2-3H,1H3,(H,14,15)/p-1. The van der Waals surface area contributed by atoms with Crippen LogP contribution in [0.5, 0.6) is 11.5 Å². The van der Waals surface area contributed by atoms with Crippen LogP contribution in [-0.4, -0.2) is 27.0 Å². The maximum Gasteiger partial charge on any atom is 0.534 e. The number of carboxylic acid groups (broad SMARTS) is 1. The van der Waals surface area contributed by atoms with Gasteiger partial charge in [0, 0.05) is 5.56 Å². The second-order valence-electron chi connectivity index (χ2n) is 3.26. The number of alkyl halides is 3. The lowest BCUT2D eigenvalue weighted by Crippen LogP contribution is -2.28. The van der Waals surface area contributed by atoms with Crippen molar-refractivity contribution in [1.29, 1.82) is 0 Å². The lowest BCUT2D eigenvalue weighted by molar-refractivity contribution is -0.255. The fourth-order valence-electron chi connectivity index (χ4n) is 1.06.